The SMILES string of the molecule is CC/C=C\C/C=C\CC(O)/C=C/C=C\C/C=C\CCCC(=O)O[C@H](COC(=O)CCCCCCCCCCCCCCCCC)COP(=O)(O)OP(=O)(O)OC[C@H]1O[C@@H](n2ccc(N)nc2=O)[C@H](O)[C@@H]1O. The van der Waals surface area contributed by atoms with E-state index in [0.717, 1.165) is 49.3 Å². The lowest BCUT2D eigenvalue weighted by atomic mass is 10.0. The van der Waals surface area contributed by atoms with Gasteiger partial charge in [0.15, 0.2) is 12.3 Å². The fourth-order valence-corrected chi connectivity index (χ4v) is 9.37. The molecule has 21 heteroatoms. The number of phosphoric ester groups is 2. The topological polar surface area (TPSA) is 286 Å². The number of hydrogen-bond donors (Lipinski definition) is 6. The molecule has 0 aliphatic carbocycles. The molecule has 0 aromatic carbocycles. The Kier molecular flexibility index (Phi) is 34.1. The van der Waals surface area contributed by atoms with Crippen LogP contribution in [0.4, 0.5) is 5.82 Å². The molecule has 3 unspecified atom stereocenters. The van der Waals surface area contributed by atoms with Gasteiger partial charge in [-0.3, -0.25) is 23.2 Å². The van der Waals surface area contributed by atoms with E-state index < -0.39 is 89.8 Å². The first-order valence-electron chi connectivity index (χ1n) is 25.4. The first kappa shape index (κ1) is 63.5. The number of carbonyl (C=O) groups excluding carboxylic acids is 2. The maximum absolute atomic E-state index is 12.8. The van der Waals surface area contributed by atoms with Crippen molar-refractivity contribution >= 4 is 33.4 Å². The average Bonchev–Trinajstić information content (AvgIpc) is 3.60. The van der Waals surface area contributed by atoms with Crippen molar-refractivity contribution in [2.24, 2.45) is 0 Å². The molecule has 1 aromatic heterocycles. The molecule has 8 atom stereocenters. The van der Waals surface area contributed by atoms with E-state index in [1.807, 2.05) is 36.5 Å². The Hall–Kier alpha value is -3.58. The summed E-state index contributed by atoms with van der Waals surface area (Å²) in [5.74, 6) is -1.41. The summed E-state index contributed by atoms with van der Waals surface area (Å²) in [6, 6.07) is 1.24. The number of nitrogens with two attached hydrogens (primary N) is 1. The van der Waals surface area contributed by atoms with Crippen molar-refractivity contribution in [3.05, 3.63) is 83.5 Å². The molecule has 0 radical (unpaired) electrons. The van der Waals surface area contributed by atoms with Gasteiger partial charge in [-0.2, -0.15) is 9.29 Å². The monoisotopic (exact) mass is 1040 g/mol. The molecule has 1 aromatic rings. The zero-order chi connectivity index (χ0) is 52.2. The maximum Gasteiger partial charge on any atom is 0.481 e. The highest BCUT2D eigenvalue weighted by Gasteiger charge is 2.46. The van der Waals surface area contributed by atoms with Crippen LogP contribution in [0, 0.1) is 0 Å². The van der Waals surface area contributed by atoms with Crippen LogP contribution in [0.5, 0.6) is 0 Å². The molecule has 1 fully saturated rings. The zero-order valence-electron chi connectivity index (χ0n) is 41.9. The summed E-state index contributed by atoms with van der Waals surface area (Å²) in [7, 11) is -10.9. The molecular formula is C50H83N3O16P2. The molecule has 0 spiro atoms. The molecule has 2 heterocycles. The quantitative estimate of drug-likeness (QED) is 0.0117. The van der Waals surface area contributed by atoms with E-state index in [4.69, 9.17) is 29.0 Å². The van der Waals surface area contributed by atoms with Crippen LogP contribution < -0.4 is 11.4 Å². The Morgan fingerprint density at radius 1 is 0.761 bits per heavy atom. The molecule has 71 heavy (non-hydrogen) atoms. The van der Waals surface area contributed by atoms with Gasteiger partial charge in [-0.25, -0.2) is 13.9 Å². The lowest BCUT2D eigenvalue weighted by Gasteiger charge is -2.21. The fourth-order valence-electron chi connectivity index (χ4n) is 7.26. The van der Waals surface area contributed by atoms with Crippen molar-refractivity contribution < 1.29 is 71.4 Å². The van der Waals surface area contributed by atoms with Crippen molar-refractivity contribution in [1.29, 1.82) is 0 Å². The van der Waals surface area contributed by atoms with Gasteiger partial charge in [0, 0.05) is 19.0 Å². The Morgan fingerprint density at radius 2 is 1.35 bits per heavy atom. The maximum atomic E-state index is 12.8. The van der Waals surface area contributed by atoms with Gasteiger partial charge in [-0.1, -0.05) is 164 Å². The van der Waals surface area contributed by atoms with E-state index in [0.29, 0.717) is 32.1 Å². The number of phosphoric acid groups is 2. The number of carbonyl (C=O) groups is 2. The molecule has 1 aliphatic rings. The van der Waals surface area contributed by atoms with Crippen molar-refractivity contribution in [3.63, 3.8) is 0 Å². The van der Waals surface area contributed by atoms with Crippen LogP contribution in [0.1, 0.15) is 168 Å². The molecule has 1 aliphatic heterocycles. The highest BCUT2D eigenvalue weighted by Crippen LogP contribution is 2.60. The Labute approximate surface area is 420 Å². The van der Waals surface area contributed by atoms with E-state index in [1.54, 1.807) is 12.2 Å². The number of unbranched alkanes of at least 4 members (excludes halogenated alkanes) is 15. The van der Waals surface area contributed by atoms with E-state index in [2.05, 4.69) is 35.3 Å². The largest absolute Gasteiger partial charge is 0.481 e. The number of aromatic nitrogens is 2. The summed E-state index contributed by atoms with van der Waals surface area (Å²) >= 11 is 0. The zero-order valence-corrected chi connectivity index (χ0v) is 43.7. The van der Waals surface area contributed by atoms with E-state index in [9.17, 15) is 48.6 Å². The summed E-state index contributed by atoms with van der Waals surface area (Å²) in [4.78, 5) is 61.9. The predicted molar refractivity (Wildman–Crippen MR) is 272 cm³/mol. The standard InChI is InChI=1S/C50H83N3O16P2/c1-3-5-7-9-11-12-13-14-15-16-17-18-22-26-30-34-45(55)64-38-42(67-46(56)35-31-27-23-20-19-21-25-29-33-41(54)32-28-24-10-8-6-4-2)39-65-70(60,61)69-71(62,63)66-40-43-47(57)48(58)49(68-43)53-37-36-44(51)52-50(53)59/h6,8,20-21,23-25,28-29,33,36-37,41-43,47-49,54,57-58H,3-5,7,9-19,22,26-27,30-32,34-35,38-40H2,1-2H3,(H,60,61)(H,62,63)(H2,51,52,59)/b8-6-,23-20-,25-21-,28-24-,33-29+/t41?,42-,43-,47-,48-,49-/m1/s1. The van der Waals surface area contributed by atoms with Gasteiger partial charge in [0.05, 0.1) is 19.3 Å². The van der Waals surface area contributed by atoms with E-state index >= 15 is 0 Å². The number of esters is 2. The molecule has 404 valence electrons. The van der Waals surface area contributed by atoms with Gasteiger partial charge in [-0.05, 0) is 51.0 Å². The third-order valence-electron chi connectivity index (χ3n) is 11.2. The number of aliphatic hydroxyl groups is 3. The number of rotatable bonds is 41. The Bertz CT molecular complexity index is 1940. The van der Waals surface area contributed by atoms with Crippen molar-refractivity contribution in [1.82, 2.24) is 9.55 Å². The Balaban J connectivity index is 1.85. The van der Waals surface area contributed by atoms with Gasteiger partial charge in [0.1, 0.15) is 30.7 Å². The lowest BCUT2D eigenvalue weighted by molar-refractivity contribution is -0.161. The molecule has 0 bridgehead atoms. The van der Waals surface area contributed by atoms with Gasteiger partial charge in [0.25, 0.3) is 0 Å². The number of nitrogens with zero attached hydrogens (tertiary/aromatic N) is 2. The van der Waals surface area contributed by atoms with Gasteiger partial charge in [-0.15, -0.1) is 0 Å². The molecule has 0 saturated carbocycles. The first-order chi connectivity index (χ1) is 34.1. The van der Waals surface area contributed by atoms with Crippen LogP contribution in [0.2, 0.25) is 0 Å². The van der Waals surface area contributed by atoms with Crippen LogP contribution in [-0.4, -0.2) is 96.9 Å². The van der Waals surface area contributed by atoms with Gasteiger partial charge in [0.2, 0.25) is 0 Å². The molecular weight excluding hydrogens is 961 g/mol. The Morgan fingerprint density at radius 3 is 2.00 bits per heavy atom. The van der Waals surface area contributed by atoms with Crippen LogP contribution in [0.3, 0.4) is 0 Å². The number of hydrogen-bond acceptors (Lipinski definition) is 16. The molecule has 2 rings (SSSR count). The highest BCUT2D eigenvalue weighted by molar-refractivity contribution is 7.61. The lowest BCUT2D eigenvalue weighted by Crippen LogP contribution is -2.36. The average molecular weight is 1040 g/mol. The normalized spacial score (nSPS) is 20.1. The molecule has 19 nitrogen and oxygen atoms in total. The second-order valence-corrected chi connectivity index (χ2v) is 20.5. The fraction of sp³-hybridized carbons (Fsp3) is 0.680. The van der Waals surface area contributed by atoms with Crippen molar-refractivity contribution in [3.8, 4) is 0 Å². The summed E-state index contributed by atoms with van der Waals surface area (Å²) < 4.78 is 56.7. The third-order valence-corrected chi connectivity index (χ3v) is 13.8. The van der Waals surface area contributed by atoms with Gasteiger partial charge < -0.3 is 45.1 Å². The smallest absolute Gasteiger partial charge is 0.462 e. The summed E-state index contributed by atoms with van der Waals surface area (Å²) in [6.45, 7) is 1.91. The summed E-state index contributed by atoms with van der Waals surface area (Å²) in [5, 5.41) is 31.0. The number of allylic oxidation sites excluding steroid dienone is 8. The van der Waals surface area contributed by atoms with Crippen molar-refractivity contribution in [2.75, 3.05) is 25.6 Å². The van der Waals surface area contributed by atoms with E-state index in [1.165, 1.54) is 70.3 Å². The molecule has 7 N–H and O–H groups in total. The second kappa shape index (κ2) is 38.1. The minimum absolute atomic E-state index is 0.0607. The van der Waals surface area contributed by atoms with Crippen molar-refractivity contribution in [2.45, 2.75) is 198 Å². The minimum Gasteiger partial charge on any atom is -0.462 e. The molecule has 0 amide bonds. The van der Waals surface area contributed by atoms with E-state index in [-0.39, 0.29) is 18.7 Å². The van der Waals surface area contributed by atoms with Crippen LogP contribution >= 0.6 is 15.6 Å². The highest BCUT2D eigenvalue weighted by atomic mass is 31.3. The number of nitrogen functional groups attached to an aromatic ring is 1. The third kappa shape index (κ3) is 30.9. The number of anilines is 1. The second-order valence-electron chi connectivity index (χ2n) is 17.5. The minimum atomic E-state index is -5.45. The van der Waals surface area contributed by atoms with Crippen LogP contribution in [0.15, 0.2) is 77.8 Å². The predicted octanol–water partition coefficient (Wildman–Crippen LogP) is 9.30. The first-order valence-corrected chi connectivity index (χ1v) is 28.4. The van der Waals surface area contributed by atoms with Crippen LogP contribution in [0.25, 0.3) is 0 Å². The number of ether oxygens (including phenoxy) is 3. The summed E-state index contributed by atoms with van der Waals surface area (Å²) in [5.41, 5.74) is 4.58. The molecule has 1 saturated heterocycles. The summed E-state index contributed by atoms with van der Waals surface area (Å²) in [6.07, 6.45) is 33.4. The van der Waals surface area contributed by atoms with Crippen LogP contribution in [-0.2, 0) is 46.3 Å². The number of aliphatic hydroxyl groups excluding tert-OH is 3. The van der Waals surface area contributed by atoms with Gasteiger partial charge >= 0.3 is 33.3 Å².